The zero-order chi connectivity index (χ0) is 13.4. The number of nitrogens with one attached hydrogen (secondary N) is 1. The first-order chi connectivity index (χ1) is 8.57. The highest BCUT2D eigenvalue weighted by atomic mass is 16.5. The molecule has 3 heteroatoms. The minimum Gasteiger partial charge on any atom is -0.385 e. The summed E-state index contributed by atoms with van der Waals surface area (Å²) in [6.45, 7) is 13.9. The van der Waals surface area contributed by atoms with Gasteiger partial charge in [0.05, 0.1) is 0 Å². The van der Waals surface area contributed by atoms with Crippen molar-refractivity contribution in [2.24, 2.45) is 11.3 Å². The summed E-state index contributed by atoms with van der Waals surface area (Å²) in [5, 5.41) is 3.55. The first-order valence-electron chi connectivity index (χ1n) is 7.49. The van der Waals surface area contributed by atoms with Gasteiger partial charge in [-0.15, -0.1) is 0 Å². The van der Waals surface area contributed by atoms with Crippen LogP contribution in [0.4, 0.5) is 0 Å². The molecule has 0 radical (unpaired) electrons. The van der Waals surface area contributed by atoms with Gasteiger partial charge < -0.3 is 15.0 Å². The molecule has 1 heterocycles. The Morgan fingerprint density at radius 1 is 1.39 bits per heavy atom. The molecule has 0 aromatic rings. The third kappa shape index (κ3) is 6.17. The van der Waals surface area contributed by atoms with Crippen LogP contribution < -0.4 is 5.32 Å². The molecule has 0 aliphatic carbocycles. The van der Waals surface area contributed by atoms with Crippen molar-refractivity contribution in [2.45, 2.75) is 40.0 Å². The van der Waals surface area contributed by atoms with Crippen molar-refractivity contribution in [2.75, 3.05) is 46.4 Å². The molecular weight excluding hydrogens is 224 g/mol. The molecular formula is C15H32N2O. The van der Waals surface area contributed by atoms with Crippen molar-refractivity contribution in [3.63, 3.8) is 0 Å². The standard InChI is InChI=1S/C15H32N2O/c1-5-8-16-11-14-6-9-17(12-14)13-15(2,3)7-10-18-4/h14,16H,5-13H2,1-4H3. The van der Waals surface area contributed by atoms with Crippen LogP contribution in [0.5, 0.6) is 0 Å². The lowest BCUT2D eigenvalue weighted by Crippen LogP contribution is -2.34. The second-order valence-corrected chi connectivity index (χ2v) is 6.50. The largest absolute Gasteiger partial charge is 0.385 e. The molecule has 1 saturated heterocycles. The molecule has 1 N–H and O–H groups in total. The summed E-state index contributed by atoms with van der Waals surface area (Å²) in [7, 11) is 1.79. The van der Waals surface area contributed by atoms with Crippen LogP contribution >= 0.6 is 0 Å². The topological polar surface area (TPSA) is 24.5 Å². The van der Waals surface area contributed by atoms with Gasteiger partial charge >= 0.3 is 0 Å². The molecule has 1 aliphatic heterocycles. The third-order valence-corrected chi connectivity index (χ3v) is 3.86. The minimum atomic E-state index is 0.377. The molecule has 0 bridgehead atoms. The minimum absolute atomic E-state index is 0.377. The predicted molar refractivity (Wildman–Crippen MR) is 78.0 cm³/mol. The fraction of sp³-hybridized carbons (Fsp3) is 1.00. The zero-order valence-corrected chi connectivity index (χ0v) is 12.8. The number of methoxy groups -OCH3 is 1. The average Bonchev–Trinajstić information content (AvgIpc) is 2.74. The van der Waals surface area contributed by atoms with Gasteiger partial charge in [-0.2, -0.15) is 0 Å². The molecule has 3 nitrogen and oxygen atoms in total. The third-order valence-electron chi connectivity index (χ3n) is 3.86. The Hall–Kier alpha value is -0.120. The smallest absolute Gasteiger partial charge is 0.0467 e. The normalized spacial score (nSPS) is 21.7. The van der Waals surface area contributed by atoms with Crippen LogP contribution in [0.1, 0.15) is 40.0 Å². The molecule has 0 spiro atoms. The molecule has 1 fully saturated rings. The lowest BCUT2D eigenvalue weighted by Gasteiger charge is -2.30. The van der Waals surface area contributed by atoms with Gasteiger partial charge in [0.25, 0.3) is 0 Å². The van der Waals surface area contributed by atoms with Crippen molar-refractivity contribution in [3.8, 4) is 0 Å². The fourth-order valence-corrected chi connectivity index (χ4v) is 2.77. The van der Waals surface area contributed by atoms with Crippen LogP contribution in [0.25, 0.3) is 0 Å². The van der Waals surface area contributed by atoms with E-state index in [1.54, 1.807) is 7.11 Å². The molecule has 0 amide bonds. The van der Waals surface area contributed by atoms with Crippen LogP contribution in [0.2, 0.25) is 0 Å². The van der Waals surface area contributed by atoms with E-state index in [2.05, 4.69) is 31.0 Å². The van der Waals surface area contributed by atoms with E-state index in [1.807, 2.05) is 0 Å². The first-order valence-corrected chi connectivity index (χ1v) is 7.49. The van der Waals surface area contributed by atoms with E-state index in [4.69, 9.17) is 4.74 Å². The van der Waals surface area contributed by atoms with E-state index in [9.17, 15) is 0 Å². The Balaban J connectivity index is 2.20. The highest BCUT2D eigenvalue weighted by molar-refractivity contribution is 4.81. The van der Waals surface area contributed by atoms with Gasteiger partial charge in [0.1, 0.15) is 0 Å². The van der Waals surface area contributed by atoms with Gasteiger partial charge in [-0.25, -0.2) is 0 Å². The molecule has 108 valence electrons. The Labute approximate surface area is 113 Å². The van der Waals surface area contributed by atoms with E-state index in [0.717, 1.165) is 25.5 Å². The van der Waals surface area contributed by atoms with Gasteiger partial charge in [-0.05, 0) is 50.2 Å². The second-order valence-electron chi connectivity index (χ2n) is 6.50. The first kappa shape index (κ1) is 15.9. The van der Waals surface area contributed by atoms with Crippen molar-refractivity contribution in [1.82, 2.24) is 10.2 Å². The quantitative estimate of drug-likeness (QED) is 0.641. The Kier molecular flexibility index (Phi) is 7.20. The molecule has 1 atom stereocenters. The number of likely N-dealkylation sites (tertiary alicyclic amines) is 1. The lowest BCUT2D eigenvalue weighted by molar-refractivity contribution is 0.124. The average molecular weight is 256 g/mol. The van der Waals surface area contributed by atoms with Crippen molar-refractivity contribution in [1.29, 1.82) is 0 Å². The molecule has 18 heavy (non-hydrogen) atoms. The molecule has 1 unspecified atom stereocenters. The maximum absolute atomic E-state index is 5.20. The summed E-state index contributed by atoms with van der Waals surface area (Å²) in [5.74, 6) is 0.856. The number of hydrogen-bond acceptors (Lipinski definition) is 3. The Morgan fingerprint density at radius 2 is 2.17 bits per heavy atom. The summed E-state index contributed by atoms with van der Waals surface area (Å²) in [5.41, 5.74) is 0.377. The van der Waals surface area contributed by atoms with E-state index < -0.39 is 0 Å². The summed E-state index contributed by atoms with van der Waals surface area (Å²) < 4.78 is 5.20. The monoisotopic (exact) mass is 256 g/mol. The fourth-order valence-electron chi connectivity index (χ4n) is 2.77. The van der Waals surface area contributed by atoms with E-state index in [0.29, 0.717) is 5.41 Å². The second kappa shape index (κ2) is 8.13. The highest BCUT2D eigenvalue weighted by Gasteiger charge is 2.27. The molecule has 0 aromatic carbocycles. The Bertz CT molecular complexity index is 219. The van der Waals surface area contributed by atoms with Gasteiger partial charge in [0.2, 0.25) is 0 Å². The zero-order valence-electron chi connectivity index (χ0n) is 12.8. The highest BCUT2D eigenvalue weighted by Crippen LogP contribution is 2.25. The molecule has 1 aliphatic rings. The summed E-state index contributed by atoms with van der Waals surface area (Å²) in [6, 6.07) is 0. The summed E-state index contributed by atoms with van der Waals surface area (Å²) in [4.78, 5) is 2.63. The number of rotatable bonds is 9. The number of ether oxygens (including phenoxy) is 1. The predicted octanol–water partition coefficient (Wildman–Crippen LogP) is 2.37. The van der Waals surface area contributed by atoms with Crippen molar-refractivity contribution >= 4 is 0 Å². The van der Waals surface area contributed by atoms with Gasteiger partial charge in [-0.3, -0.25) is 0 Å². The molecule has 1 rings (SSSR count). The van der Waals surface area contributed by atoms with Crippen molar-refractivity contribution < 1.29 is 4.74 Å². The van der Waals surface area contributed by atoms with E-state index in [-0.39, 0.29) is 0 Å². The van der Waals surface area contributed by atoms with E-state index >= 15 is 0 Å². The van der Waals surface area contributed by atoms with Crippen LogP contribution in [0.15, 0.2) is 0 Å². The van der Waals surface area contributed by atoms with Crippen LogP contribution in [-0.4, -0.2) is 51.3 Å². The van der Waals surface area contributed by atoms with Crippen LogP contribution in [-0.2, 0) is 4.74 Å². The maximum Gasteiger partial charge on any atom is 0.0467 e. The lowest BCUT2D eigenvalue weighted by atomic mass is 9.89. The molecule has 0 saturated carbocycles. The summed E-state index contributed by atoms with van der Waals surface area (Å²) in [6.07, 6.45) is 3.75. The van der Waals surface area contributed by atoms with Gasteiger partial charge in [0, 0.05) is 26.8 Å². The number of nitrogens with zero attached hydrogens (tertiary/aromatic N) is 1. The molecule has 0 aromatic heterocycles. The van der Waals surface area contributed by atoms with Crippen molar-refractivity contribution in [3.05, 3.63) is 0 Å². The van der Waals surface area contributed by atoms with Crippen LogP contribution in [0.3, 0.4) is 0 Å². The SMILES string of the molecule is CCCNCC1CCN(CC(C)(C)CCOC)C1. The van der Waals surface area contributed by atoms with Gasteiger partial charge in [0.15, 0.2) is 0 Å². The number of hydrogen-bond donors (Lipinski definition) is 1. The maximum atomic E-state index is 5.20. The Morgan fingerprint density at radius 3 is 2.83 bits per heavy atom. The van der Waals surface area contributed by atoms with Crippen LogP contribution in [0, 0.1) is 11.3 Å². The van der Waals surface area contributed by atoms with E-state index in [1.165, 1.54) is 39.0 Å². The van der Waals surface area contributed by atoms with Gasteiger partial charge in [-0.1, -0.05) is 20.8 Å². The summed E-state index contributed by atoms with van der Waals surface area (Å²) >= 11 is 0.